The van der Waals surface area contributed by atoms with E-state index in [1.165, 1.54) is 24.3 Å². The van der Waals surface area contributed by atoms with Gasteiger partial charge >= 0.3 is 5.88 Å². The molecule has 0 radical (unpaired) electrons. The van der Waals surface area contributed by atoms with Crippen LogP contribution in [0.1, 0.15) is 11.3 Å². The fourth-order valence-corrected chi connectivity index (χ4v) is 3.21. The Balaban J connectivity index is 1.28. The molecule has 28 heavy (non-hydrogen) atoms. The molecule has 2 aliphatic rings. The zero-order chi connectivity index (χ0) is 19.5. The van der Waals surface area contributed by atoms with E-state index in [9.17, 15) is 14.9 Å². The quantitative estimate of drug-likeness (QED) is 0.442. The molecule has 146 valence electrons. The molecule has 4 rings (SSSR count). The Kier molecular flexibility index (Phi) is 4.98. The lowest BCUT2D eigenvalue weighted by Crippen LogP contribution is -2.47. The van der Waals surface area contributed by atoms with Gasteiger partial charge in [0.25, 0.3) is 0 Å². The van der Waals surface area contributed by atoms with Crippen LogP contribution >= 0.6 is 0 Å². The highest BCUT2D eigenvalue weighted by Gasteiger charge is 2.21. The average molecular weight is 385 g/mol. The SMILES string of the molecule is O=C(/C=C/c1ccc([N+](=O)[O-])o1)N1CCN(Cc2ccc3c(c2)OCO3)CC1. The first-order valence-electron chi connectivity index (χ1n) is 8.90. The number of benzene rings is 1. The monoisotopic (exact) mass is 385 g/mol. The molecule has 0 saturated carbocycles. The van der Waals surface area contributed by atoms with E-state index in [0.29, 0.717) is 13.1 Å². The minimum absolute atomic E-state index is 0.137. The Labute approximate surface area is 160 Å². The maximum atomic E-state index is 12.3. The van der Waals surface area contributed by atoms with Crippen LogP contribution in [0.5, 0.6) is 11.5 Å². The summed E-state index contributed by atoms with van der Waals surface area (Å²) >= 11 is 0. The Hall–Kier alpha value is -3.33. The molecule has 0 unspecified atom stereocenters. The van der Waals surface area contributed by atoms with Gasteiger partial charge in [0, 0.05) is 38.8 Å². The van der Waals surface area contributed by atoms with Crippen molar-refractivity contribution < 1.29 is 23.6 Å². The molecule has 0 aliphatic carbocycles. The van der Waals surface area contributed by atoms with E-state index in [1.54, 1.807) is 4.90 Å². The molecule has 9 heteroatoms. The summed E-state index contributed by atoms with van der Waals surface area (Å²) in [7, 11) is 0. The van der Waals surface area contributed by atoms with Crippen LogP contribution in [0.15, 0.2) is 40.8 Å². The molecule has 3 heterocycles. The van der Waals surface area contributed by atoms with Crippen molar-refractivity contribution in [3.05, 3.63) is 57.8 Å². The molecule has 1 aromatic heterocycles. The predicted octanol–water partition coefficient (Wildman–Crippen LogP) is 2.27. The van der Waals surface area contributed by atoms with Crippen LogP contribution in [0.2, 0.25) is 0 Å². The second kappa shape index (κ2) is 7.73. The number of amides is 1. The lowest BCUT2D eigenvalue weighted by atomic mass is 10.1. The highest BCUT2D eigenvalue weighted by Crippen LogP contribution is 2.32. The number of nitrogens with zero attached hydrogens (tertiary/aromatic N) is 3. The number of piperazine rings is 1. The summed E-state index contributed by atoms with van der Waals surface area (Å²) in [5, 5.41) is 10.6. The highest BCUT2D eigenvalue weighted by atomic mass is 16.7. The van der Waals surface area contributed by atoms with Crippen molar-refractivity contribution in [2.45, 2.75) is 6.54 Å². The third kappa shape index (κ3) is 3.99. The smallest absolute Gasteiger partial charge is 0.433 e. The fourth-order valence-electron chi connectivity index (χ4n) is 3.21. The minimum Gasteiger partial charge on any atom is -0.454 e. The molecule has 2 aromatic rings. The molecule has 0 bridgehead atoms. The van der Waals surface area contributed by atoms with Crippen LogP contribution in [0.4, 0.5) is 5.88 Å². The zero-order valence-corrected chi connectivity index (χ0v) is 15.1. The largest absolute Gasteiger partial charge is 0.454 e. The number of ether oxygens (including phenoxy) is 2. The van der Waals surface area contributed by atoms with Gasteiger partial charge in [-0.15, -0.1) is 0 Å². The zero-order valence-electron chi connectivity index (χ0n) is 15.1. The van der Waals surface area contributed by atoms with E-state index in [4.69, 9.17) is 13.9 Å². The van der Waals surface area contributed by atoms with Gasteiger partial charge in [-0.25, -0.2) is 0 Å². The maximum absolute atomic E-state index is 12.3. The Bertz CT molecular complexity index is 914. The van der Waals surface area contributed by atoms with Crippen molar-refractivity contribution in [2.24, 2.45) is 0 Å². The minimum atomic E-state index is -0.613. The summed E-state index contributed by atoms with van der Waals surface area (Å²) in [6, 6.07) is 8.66. The van der Waals surface area contributed by atoms with Crippen LogP contribution in [-0.2, 0) is 11.3 Å². The first-order chi connectivity index (χ1) is 13.6. The molecule has 1 aromatic carbocycles. The van der Waals surface area contributed by atoms with Gasteiger partial charge in [-0.2, -0.15) is 0 Å². The molecule has 9 nitrogen and oxygen atoms in total. The first-order valence-corrected chi connectivity index (χ1v) is 8.90. The summed E-state index contributed by atoms with van der Waals surface area (Å²) < 4.78 is 15.7. The van der Waals surface area contributed by atoms with E-state index in [1.807, 2.05) is 18.2 Å². The lowest BCUT2D eigenvalue weighted by Gasteiger charge is -2.34. The topological polar surface area (TPSA) is 98.3 Å². The predicted molar refractivity (Wildman–Crippen MR) is 98.8 cm³/mol. The third-order valence-electron chi connectivity index (χ3n) is 4.71. The summed E-state index contributed by atoms with van der Waals surface area (Å²) in [6.45, 7) is 3.81. The lowest BCUT2D eigenvalue weighted by molar-refractivity contribution is -0.402. The number of rotatable bonds is 5. The number of nitro groups is 1. The number of furan rings is 1. The van der Waals surface area contributed by atoms with Gasteiger partial charge in [-0.05, 0) is 29.8 Å². The van der Waals surface area contributed by atoms with Crippen molar-refractivity contribution in [3.63, 3.8) is 0 Å². The molecule has 1 saturated heterocycles. The second-order valence-electron chi connectivity index (χ2n) is 6.56. The first kappa shape index (κ1) is 18.1. The van der Waals surface area contributed by atoms with Crippen LogP contribution in [-0.4, -0.2) is 53.6 Å². The molecule has 0 atom stereocenters. The van der Waals surface area contributed by atoms with E-state index >= 15 is 0 Å². The van der Waals surface area contributed by atoms with Crippen LogP contribution in [0.25, 0.3) is 6.08 Å². The van der Waals surface area contributed by atoms with Crippen molar-refractivity contribution in [2.75, 3.05) is 33.0 Å². The average Bonchev–Trinajstić information content (AvgIpc) is 3.36. The molecule has 0 spiro atoms. The van der Waals surface area contributed by atoms with Gasteiger partial charge in [0.1, 0.15) is 10.7 Å². The molecule has 2 aliphatic heterocycles. The van der Waals surface area contributed by atoms with Gasteiger partial charge < -0.3 is 18.8 Å². The normalized spacial score (nSPS) is 16.6. The molecule has 1 fully saturated rings. The highest BCUT2D eigenvalue weighted by molar-refractivity contribution is 5.91. The fraction of sp³-hybridized carbons (Fsp3) is 0.316. The summed E-state index contributed by atoms with van der Waals surface area (Å²) in [5.74, 6) is 1.34. The van der Waals surface area contributed by atoms with Crippen LogP contribution in [0, 0.1) is 10.1 Å². The van der Waals surface area contributed by atoms with Gasteiger partial charge in [0.05, 0.1) is 6.07 Å². The van der Waals surface area contributed by atoms with E-state index < -0.39 is 4.92 Å². The van der Waals surface area contributed by atoms with E-state index in [-0.39, 0.29) is 24.3 Å². The maximum Gasteiger partial charge on any atom is 0.433 e. The van der Waals surface area contributed by atoms with Crippen molar-refractivity contribution >= 4 is 17.9 Å². The number of carbonyl (C=O) groups is 1. The molecular formula is C19H19N3O6. The number of hydrogen-bond acceptors (Lipinski definition) is 7. The molecular weight excluding hydrogens is 366 g/mol. The van der Waals surface area contributed by atoms with Gasteiger partial charge in [-0.1, -0.05) is 6.07 Å². The summed E-state index contributed by atoms with van der Waals surface area (Å²) in [6.07, 6.45) is 2.84. The Morgan fingerprint density at radius 1 is 1.11 bits per heavy atom. The van der Waals surface area contributed by atoms with Gasteiger partial charge in [0.15, 0.2) is 11.5 Å². The number of fused-ring (bicyclic) bond motifs is 1. The van der Waals surface area contributed by atoms with E-state index in [2.05, 4.69) is 4.90 Å². The van der Waals surface area contributed by atoms with Crippen molar-refractivity contribution in [1.82, 2.24) is 9.80 Å². The molecule has 1 amide bonds. The van der Waals surface area contributed by atoms with Crippen LogP contribution in [0.3, 0.4) is 0 Å². The van der Waals surface area contributed by atoms with Gasteiger partial charge in [-0.3, -0.25) is 19.8 Å². The number of hydrogen-bond donors (Lipinski definition) is 0. The Morgan fingerprint density at radius 2 is 1.89 bits per heavy atom. The standard InChI is InChI=1S/C19H19N3O6/c23-18(5-2-15-3-6-19(28-15)22(24)25)21-9-7-20(8-10-21)12-14-1-4-16-17(11-14)27-13-26-16/h1-6,11H,7-10,12-13H2/b5-2+. The molecule has 0 N–H and O–H groups in total. The second-order valence-corrected chi connectivity index (χ2v) is 6.56. The Morgan fingerprint density at radius 3 is 2.64 bits per heavy atom. The van der Waals surface area contributed by atoms with E-state index in [0.717, 1.165) is 36.7 Å². The van der Waals surface area contributed by atoms with Crippen LogP contribution < -0.4 is 9.47 Å². The number of carbonyl (C=O) groups excluding carboxylic acids is 1. The summed E-state index contributed by atoms with van der Waals surface area (Å²) in [4.78, 5) is 26.4. The van der Waals surface area contributed by atoms with Gasteiger partial charge in [0.2, 0.25) is 12.7 Å². The third-order valence-corrected chi connectivity index (χ3v) is 4.71. The van der Waals surface area contributed by atoms with Crippen molar-refractivity contribution in [3.8, 4) is 11.5 Å². The summed E-state index contributed by atoms with van der Waals surface area (Å²) in [5.41, 5.74) is 1.14. The van der Waals surface area contributed by atoms with Crippen molar-refractivity contribution in [1.29, 1.82) is 0 Å².